The summed E-state index contributed by atoms with van der Waals surface area (Å²) in [5.41, 5.74) is 1.05. The smallest absolute Gasteiger partial charge is 0.195 e. The van der Waals surface area contributed by atoms with Crippen molar-refractivity contribution in [3.05, 3.63) is 29.3 Å². The molecule has 2 aromatic heterocycles. The molecular weight excluding hydrogens is 288 g/mol. The van der Waals surface area contributed by atoms with E-state index >= 15 is 0 Å². The lowest BCUT2D eigenvalue weighted by atomic mass is 10.2. The number of hydrogen-bond donors (Lipinski definition) is 1. The molecule has 0 bridgehead atoms. The Kier molecular flexibility index (Phi) is 6.26. The number of thioether (sulfide) groups is 1. The molecule has 0 atom stereocenters. The number of aromatic nitrogens is 4. The van der Waals surface area contributed by atoms with Gasteiger partial charge < -0.3 is 4.57 Å². The van der Waals surface area contributed by atoms with Crippen molar-refractivity contribution in [1.82, 2.24) is 19.7 Å². The number of aromatic amines is 1. The summed E-state index contributed by atoms with van der Waals surface area (Å²) in [4.78, 5) is 4.04. The van der Waals surface area contributed by atoms with E-state index in [0.29, 0.717) is 4.77 Å². The van der Waals surface area contributed by atoms with Gasteiger partial charge in [0.05, 0.1) is 0 Å². The minimum absolute atomic E-state index is 0.695. The molecule has 2 heterocycles. The summed E-state index contributed by atoms with van der Waals surface area (Å²) < 4.78 is 2.78. The van der Waals surface area contributed by atoms with E-state index in [1.807, 2.05) is 23.9 Å². The molecule has 0 amide bonds. The van der Waals surface area contributed by atoms with Crippen molar-refractivity contribution in [2.75, 3.05) is 12.0 Å². The molecule has 0 fully saturated rings. The first-order chi connectivity index (χ1) is 9.83. The number of unbranched alkanes of at least 4 members (excludes halogenated alkanes) is 3. The summed E-state index contributed by atoms with van der Waals surface area (Å²) in [6.07, 6.45) is 10.7. The summed E-state index contributed by atoms with van der Waals surface area (Å²) in [6.45, 7) is 0.923. The van der Waals surface area contributed by atoms with Crippen LogP contribution in [-0.2, 0) is 6.54 Å². The third kappa shape index (κ3) is 4.18. The highest BCUT2D eigenvalue weighted by atomic mass is 32.2. The van der Waals surface area contributed by atoms with Crippen molar-refractivity contribution in [3.8, 4) is 11.4 Å². The molecular formula is C14H20N4S2. The average Bonchev–Trinajstić information content (AvgIpc) is 2.85. The van der Waals surface area contributed by atoms with Crippen LogP contribution in [0.5, 0.6) is 0 Å². The minimum Gasteiger partial charge on any atom is -0.300 e. The van der Waals surface area contributed by atoms with Crippen molar-refractivity contribution in [3.63, 3.8) is 0 Å². The maximum atomic E-state index is 5.32. The zero-order valence-electron chi connectivity index (χ0n) is 11.7. The molecule has 4 nitrogen and oxygen atoms in total. The molecule has 0 saturated carbocycles. The fraction of sp³-hybridized carbons (Fsp3) is 0.500. The first kappa shape index (κ1) is 15.3. The zero-order chi connectivity index (χ0) is 14.2. The molecule has 1 N–H and O–H groups in total. The summed E-state index contributed by atoms with van der Waals surface area (Å²) in [5.74, 6) is 2.16. The monoisotopic (exact) mass is 308 g/mol. The SMILES string of the molecule is CSCCCCCCn1c(-c2ccncc2)n[nH]c1=S. The van der Waals surface area contributed by atoms with E-state index in [1.165, 1.54) is 25.0 Å². The van der Waals surface area contributed by atoms with Gasteiger partial charge in [0, 0.05) is 24.5 Å². The quantitative estimate of drug-likeness (QED) is 0.593. The number of pyridine rings is 1. The van der Waals surface area contributed by atoms with Crippen LogP contribution in [-0.4, -0.2) is 31.8 Å². The molecule has 20 heavy (non-hydrogen) atoms. The maximum Gasteiger partial charge on any atom is 0.195 e. The van der Waals surface area contributed by atoms with Gasteiger partial charge in [-0.05, 0) is 49.2 Å². The highest BCUT2D eigenvalue weighted by molar-refractivity contribution is 7.98. The molecule has 0 saturated heterocycles. The Balaban J connectivity index is 1.95. The van der Waals surface area contributed by atoms with Gasteiger partial charge in [0.2, 0.25) is 0 Å². The molecule has 0 radical (unpaired) electrons. The number of hydrogen-bond acceptors (Lipinski definition) is 4. The summed E-state index contributed by atoms with van der Waals surface area (Å²) in [6, 6.07) is 3.92. The zero-order valence-corrected chi connectivity index (χ0v) is 13.3. The molecule has 2 aromatic rings. The molecule has 0 aliphatic rings. The lowest BCUT2D eigenvalue weighted by Crippen LogP contribution is -2.01. The van der Waals surface area contributed by atoms with Crippen molar-refractivity contribution >= 4 is 24.0 Å². The van der Waals surface area contributed by atoms with Crippen LogP contribution in [0, 0.1) is 4.77 Å². The lowest BCUT2D eigenvalue weighted by Gasteiger charge is -2.06. The second-order valence-corrected chi connectivity index (χ2v) is 6.02. The van der Waals surface area contributed by atoms with E-state index in [-0.39, 0.29) is 0 Å². The van der Waals surface area contributed by atoms with Crippen LogP contribution in [0.2, 0.25) is 0 Å². The van der Waals surface area contributed by atoms with Gasteiger partial charge in [0.1, 0.15) is 0 Å². The average molecular weight is 308 g/mol. The molecule has 0 spiro atoms. The predicted molar refractivity (Wildman–Crippen MR) is 87.5 cm³/mol. The topological polar surface area (TPSA) is 46.5 Å². The van der Waals surface area contributed by atoms with E-state index in [4.69, 9.17) is 12.2 Å². The van der Waals surface area contributed by atoms with Crippen LogP contribution in [0.25, 0.3) is 11.4 Å². The standard InChI is InChI=1S/C14H20N4S2/c1-20-11-5-3-2-4-10-18-13(16-17-14(18)19)12-6-8-15-9-7-12/h6-9H,2-5,10-11H2,1H3,(H,17,19). The van der Waals surface area contributed by atoms with E-state index < -0.39 is 0 Å². The third-order valence-corrected chi connectivity index (χ3v) is 4.19. The highest BCUT2D eigenvalue weighted by Crippen LogP contribution is 2.17. The Hall–Kier alpha value is -1.14. The number of rotatable bonds is 8. The molecule has 0 aliphatic heterocycles. The van der Waals surface area contributed by atoms with Gasteiger partial charge in [-0.2, -0.15) is 16.9 Å². The van der Waals surface area contributed by atoms with Crippen LogP contribution in [0.4, 0.5) is 0 Å². The second-order valence-electron chi connectivity index (χ2n) is 4.65. The first-order valence-corrected chi connectivity index (χ1v) is 8.67. The number of nitrogens with one attached hydrogen (secondary N) is 1. The van der Waals surface area contributed by atoms with Gasteiger partial charge >= 0.3 is 0 Å². The van der Waals surface area contributed by atoms with Crippen molar-refractivity contribution in [2.45, 2.75) is 32.2 Å². The van der Waals surface area contributed by atoms with E-state index in [2.05, 4.69) is 26.0 Å². The van der Waals surface area contributed by atoms with Gasteiger partial charge in [0.25, 0.3) is 0 Å². The van der Waals surface area contributed by atoms with Gasteiger partial charge in [-0.25, -0.2) is 0 Å². The molecule has 0 aromatic carbocycles. The predicted octanol–water partition coefficient (Wildman–Crippen LogP) is 3.93. The van der Waals surface area contributed by atoms with Crippen LogP contribution in [0.1, 0.15) is 25.7 Å². The molecule has 108 valence electrons. The summed E-state index contributed by atoms with van der Waals surface area (Å²) in [5, 5.41) is 7.22. The Bertz CT molecular complexity index is 562. The molecule has 6 heteroatoms. The van der Waals surface area contributed by atoms with Gasteiger partial charge in [-0.3, -0.25) is 10.1 Å². The van der Waals surface area contributed by atoms with Crippen LogP contribution >= 0.6 is 24.0 Å². The van der Waals surface area contributed by atoms with Gasteiger partial charge in [-0.15, -0.1) is 0 Å². The number of H-pyrrole nitrogens is 1. The normalized spacial score (nSPS) is 10.8. The molecule has 0 aliphatic carbocycles. The van der Waals surface area contributed by atoms with Crippen LogP contribution in [0.3, 0.4) is 0 Å². The van der Waals surface area contributed by atoms with E-state index in [1.54, 1.807) is 12.4 Å². The fourth-order valence-electron chi connectivity index (χ4n) is 2.12. The van der Waals surface area contributed by atoms with Crippen LogP contribution < -0.4 is 0 Å². The van der Waals surface area contributed by atoms with Gasteiger partial charge in [-0.1, -0.05) is 12.8 Å². The Morgan fingerprint density at radius 2 is 1.95 bits per heavy atom. The Labute approximate surface area is 129 Å². The van der Waals surface area contributed by atoms with Crippen molar-refractivity contribution in [1.29, 1.82) is 0 Å². The largest absolute Gasteiger partial charge is 0.300 e. The van der Waals surface area contributed by atoms with Crippen molar-refractivity contribution in [2.24, 2.45) is 0 Å². The van der Waals surface area contributed by atoms with Crippen molar-refractivity contribution < 1.29 is 0 Å². The second kappa shape index (κ2) is 8.21. The van der Waals surface area contributed by atoms with Crippen LogP contribution in [0.15, 0.2) is 24.5 Å². The fourth-order valence-corrected chi connectivity index (χ4v) is 2.83. The van der Waals surface area contributed by atoms with E-state index in [0.717, 1.165) is 24.4 Å². The minimum atomic E-state index is 0.695. The lowest BCUT2D eigenvalue weighted by molar-refractivity contribution is 0.582. The Morgan fingerprint density at radius 1 is 1.20 bits per heavy atom. The summed E-state index contributed by atoms with van der Waals surface area (Å²) >= 11 is 7.24. The Morgan fingerprint density at radius 3 is 2.70 bits per heavy atom. The molecule has 2 rings (SSSR count). The third-order valence-electron chi connectivity index (χ3n) is 3.18. The van der Waals surface area contributed by atoms with Gasteiger partial charge in [0.15, 0.2) is 10.6 Å². The molecule has 0 unspecified atom stereocenters. The maximum absolute atomic E-state index is 5.32. The van der Waals surface area contributed by atoms with E-state index in [9.17, 15) is 0 Å². The first-order valence-electron chi connectivity index (χ1n) is 6.87. The summed E-state index contributed by atoms with van der Waals surface area (Å²) in [7, 11) is 0. The number of nitrogens with zero attached hydrogens (tertiary/aromatic N) is 3. The highest BCUT2D eigenvalue weighted by Gasteiger charge is 2.07.